The molecule has 15 heteroatoms. The number of nitrogens with two attached hydrogens (primary N) is 5. The van der Waals surface area contributed by atoms with Crippen LogP contribution in [0.2, 0.25) is 0 Å². The topological polar surface area (TPSA) is 277 Å². The van der Waals surface area contributed by atoms with Gasteiger partial charge < -0.3 is 77.9 Å². The smallest absolute Gasteiger partial charge is 0.186 e. The Bertz CT molecular complexity index is 759. The molecule has 0 spiro atoms. The first kappa shape index (κ1) is 30.4. The Balaban J connectivity index is 1.47. The Hall–Kier alpha value is -0.600. The zero-order chi connectivity index (χ0) is 27.7. The first-order valence-corrected chi connectivity index (χ1v) is 13.3. The van der Waals surface area contributed by atoms with Crippen LogP contribution in [0.25, 0.3) is 0 Å². The SMILES string of the molecule is N[C@@H]1C[C@H](N)C([C@H]2O[C@H]([C@@H](N)CO)CC[C@H]2N)[C@H](O[C@@H]2O[C@H](CO)[C@@H](O[C@H]3OC[C@@H](O)[C@H](O)[C@H]3N)[C@H]2O)C1. The van der Waals surface area contributed by atoms with Gasteiger partial charge >= 0.3 is 0 Å². The van der Waals surface area contributed by atoms with Gasteiger partial charge in [-0.15, -0.1) is 0 Å². The maximum absolute atomic E-state index is 11.1. The van der Waals surface area contributed by atoms with Crippen LogP contribution in [0.4, 0.5) is 0 Å². The Morgan fingerprint density at radius 3 is 2.29 bits per heavy atom. The summed E-state index contributed by atoms with van der Waals surface area (Å²) in [6.45, 7) is -0.946. The normalized spacial score (nSPS) is 51.2. The first-order chi connectivity index (χ1) is 18.0. The van der Waals surface area contributed by atoms with Crippen LogP contribution in [-0.2, 0) is 23.7 Å². The van der Waals surface area contributed by atoms with Crippen molar-refractivity contribution in [1.29, 1.82) is 0 Å². The Kier molecular flexibility index (Phi) is 10.3. The molecule has 3 heterocycles. The quantitative estimate of drug-likeness (QED) is 0.135. The van der Waals surface area contributed by atoms with Gasteiger partial charge in [-0.1, -0.05) is 0 Å². The van der Waals surface area contributed by atoms with Gasteiger partial charge in [0, 0.05) is 24.0 Å². The summed E-state index contributed by atoms with van der Waals surface area (Å²) in [6, 6.07) is -2.71. The summed E-state index contributed by atoms with van der Waals surface area (Å²) in [7, 11) is 0. The van der Waals surface area contributed by atoms with E-state index < -0.39 is 92.1 Å². The highest BCUT2D eigenvalue weighted by molar-refractivity contribution is 5.01. The molecule has 15 N–H and O–H groups in total. The molecular formula is C23H45N5O10. The highest BCUT2D eigenvalue weighted by atomic mass is 16.7. The van der Waals surface area contributed by atoms with Gasteiger partial charge in [0.1, 0.15) is 30.5 Å². The summed E-state index contributed by atoms with van der Waals surface area (Å²) < 4.78 is 29.5. The van der Waals surface area contributed by atoms with Gasteiger partial charge in [-0.25, -0.2) is 0 Å². The van der Waals surface area contributed by atoms with E-state index in [2.05, 4.69) is 0 Å². The average molecular weight is 552 g/mol. The largest absolute Gasteiger partial charge is 0.395 e. The van der Waals surface area contributed by atoms with E-state index in [9.17, 15) is 25.5 Å². The van der Waals surface area contributed by atoms with E-state index in [1.165, 1.54) is 0 Å². The molecule has 3 saturated heterocycles. The summed E-state index contributed by atoms with van der Waals surface area (Å²) in [5.41, 5.74) is 31.2. The summed E-state index contributed by atoms with van der Waals surface area (Å²) in [5.74, 6) is -0.409. The molecular weight excluding hydrogens is 506 g/mol. The predicted octanol–water partition coefficient (Wildman–Crippen LogP) is -5.50. The minimum atomic E-state index is -1.36. The van der Waals surface area contributed by atoms with E-state index in [0.717, 1.165) is 0 Å². The van der Waals surface area contributed by atoms with Gasteiger partial charge in [-0.05, 0) is 25.7 Å². The number of aliphatic hydroxyl groups excluding tert-OH is 5. The lowest BCUT2D eigenvalue weighted by molar-refractivity contribution is -0.256. The molecule has 0 radical (unpaired) electrons. The van der Waals surface area contributed by atoms with Crippen molar-refractivity contribution in [2.75, 3.05) is 19.8 Å². The number of rotatable bonds is 8. The number of ether oxygens (including phenoxy) is 5. The molecule has 0 amide bonds. The van der Waals surface area contributed by atoms with Crippen LogP contribution >= 0.6 is 0 Å². The van der Waals surface area contributed by atoms with Crippen LogP contribution in [0.5, 0.6) is 0 Å². The number of hydrogen-bond donors (Lipinski definition) is 10. The van der Waals surface area contributed by atoms with Gasteiger partial charge in [0.05, 0.1) is 50.2 Å². The molecule has 222 valence electrons. The highest BCUT2D eigenvalue weighted by Crippen LogP contribution is 2.38. The van der Waals surface area contributed by atoms with Gasteiger partial charge in [0.2, 0.25) is 0 Å². The zero-order valence-corrected chi connectivity index (χ0v) is 21.4. The minimum absolute atomic E-state index is 0.213. The summed E-state index contributed by atoms with van der Waals surface area (Å²) >= 11 is 0. The monoisotopic (exact) mass is 551 g/mol. The Morgan fingerprint density at radius 1 is 0.868 bits per heavy atom. The molecule has 0 aromatic carbocycles. The van der Waals surface area contributed by atoms with Crippen LogP contribution in [0.1, 0.15) is 25.7 Å². The molecule has 0 aromatic rings. The lowest BCUT2D eigenvalue weighted by Gasteiger charge is -2.48. The molecule has 38 heavy (non-hydrogen) atoms. The third-order valence-corrected chi connectivity index (χ3v) is 8.24. The van der Waals surface area contributed by atoms with Crippen LogP contribution in [0, 0.1) is 5.92 Å². The molecule has 1 unspecified atom stereocenters. The van der Waals surface area contributed by atoms with Crippen molar-refractivity contribution in [2.24, 2.45) is 34.6 Å². The van der Waals surface area contributed by atoms with Crippen LogP contribution < -0.4 is 28.7 Å². The first-order valence-electron chi connectivity index (χ1n) is 13.3. The molecule has 1 saturated carbocycles. The predicted molar refractivity (Wildman–Crippen MR) is 131 cm³/mol. The second-order valence-corrected chi connectivity index (χ2v) is 11.0. The minimum Gasteiger partial charge on any atom is -0.395 e. The standard InChI is InChI=1S/C23H45N5O10/c24-8-3-10(26)16(20-9(25)1-2-13(35-20)11(27)5-29)14(4-8)36-23-19(33)21(15(6-30)37-23)38-22-17(28)18(32)12(31)7-34-22/h8-23,29-33H,1-7,24-28H2/t8-,9-,10+,11+,12-,13+,14-,15-,16?,17-,18+,19-,20+,21-,22-,23-/m1/s1. The zero-order valence-electron chi connectivity index (χ0n) is 21.4. The summed E-state index contributed by atoms with van der Waals surface area (Å²) in [6.07, 6.45) is -7.69. The molecule has 0 bridgehead atoms. The van der Waals surface area contributed by atoms with E-state index in [4.69, 9.17) is 52.4 Å². The van der Waals surface area contributed by atoms with Gasteiger partial charge in [-0.3, -0.25) is 0 Å². The fourth-order valence-electron chi connectivity index (χ4n) is 6.05. The van der Waals surface area contributed by atoms with Gasteiger partial charge in [0.15, 0.2) is 12.6 Å². The lowest BCUT2D eigenvalue weighted by atomic mass is 9.73. The molecule has 4 aliphatic rings. The van der Waals surface area contributed by atoms with Crippen molar-refractivity contribution < 1.29 is 49.2 Å². The molecule has 4 fully saturated rings. The maximum Gasteiger partial charge on any atom is 0.186 e. The second-order valence-electron chi connectivity index (χ2n) is 11.0. The van der Waals surface area contributed by atoms with Crippen molar-refractivity contribution >= 4 is 0 Å². The van der Waals surface area contributed by atoms with E-state index in [0.29, 0.717) is 25.7 Å². The van der Waals surface area contributed by atoms with E-state index in [1.54, 1.807) is 0 Å². The van der Waals surface area contributed by atoms with E-state index in [-0.39, 0.29) is 25.3 Å². The van der Waals surface area contributed by atoms with E-state index in [1.807, 2.05) is 0 Å². The molecule has 4 rings (SSSR count). The lowest BCUT2D eigenvalue weighted by Crippen LogP contribution is -2.62. The highest BCUT2D eigenvalue weighted by Gasteiger charge is 2.52. The molecule has 1 aliphatic carbocycles. The number of hydrogen-bond acceptors (Lipinski definition) is 15. The van der Waals surface area contributed by atoms with Gasteiger partial charge in [-0.2, -0.15) is 0 Å². The van der Waals surface area contributed by atoms with Crippen molar-refractivity contribution in [3.8, 4) is 0 Å². The van der Waals surface area contributed by atoms with Crippen molar-refractivity contribution in [3.63, 3.8) is 0 Å². The van der Waals surface area contributed by atoms with Crippen LogP contribution in [-0.4, -0.2) is 137 Å². The Labute approximate surface area is 221 Å². The fraction of sp³-hybridized carbons (Fsp3) is 1.00. The fourth-order valence-corrected chi connectivity index (χ4v) is 6.05. The van der Waals surface area contributed by atoms with Crippen molar-refractivity contribution in [1.82, 2.24) is 0 Å². The third-order valence-electron chi connectivity index (χ3n) is 8.24. The van der Waals surface area contributed by atoms with E-state index >= 15 is 0 Å². The van der Waals surface area contributed by atoms with Crippen molar-refractivity contribution in [2.45, 2.75) is 117 Å². The molecule has 0 aromatic heterocycles. The molecule has 16 atom stereocenters. The molecule has 3 aliphatic heterocycles. The average Bonchev–Trinajstić information content (AvgIpc) is 3.18. The summed E-state index contributed by atoms with van der Waals surface area (Å²) in [5, 5.41) is 50.3. The molecule has 15 nitrogen and oxygen atoms in total. The number of aliphatic hydroxyl groups is 5. The Morgan fingerprint density at radius 2 is 1.61 bits per heavy atom. The summed E-state index contributed by atoms with van der Waals surface area (Å²) in [4.78, 5) is 0. The maximum atomic E-state index is 11.1. The third kappa shape index (κ3) is 6.32. The van der Waals surface area contributed by atoms with Crippen LogP contribution in [0.15, 0.2) is 0 Å². The second kappa shape index (κ2) is 12.9. The van der Waals surface area contributed by atoms with Gasteiger partial charge in [0.25, 0.3) is 0 Å². The van der Waals surface area contributed by atoms with Crippen LogP contribution in [0.3, 0.4) is 0 Å². The van der Waals surface area contributed by atoms with Crippen molar-refractivity contribution in [3.05, 3.63) is 0 Å².